The van der Waals surface area contributed by atoms with Crippen LogP contribution in [-0.4, -0.2) is 51.4 Å². The highest BCUT2D eigenvalue weighted by atomic mass is 19.4. The van der Waals surface area contributed by atoms with Crippen molar-refractivity contribution >= 4 is 34.5 Å². The van der Waals surface area contributed by atoms with E-state index >= 15 is 0 Å². The zero-order valence-corrected chi connectivity index (χ0v) is 19.8. The number of halogens is 3. The Morgan fingerprint density at radius 1 is 1.06 bits per heavy atom. The molecule has 0 aliphatic carbocycles. The lowest BCUT2D eigenvalue weighted by molar-refractivity contribution is -0.137. The van der Waals surface area contributed by atoms with Gasteiger partial charge in [0.25, 0.3) is 5.91 Å². The Bertz CT molecular complexity index is 1230. The van der Waals surface area contributed by atoms with Gasteiger partial charge in [-0.15, -0.1) is 0 Å². The molecule has 4 rings (SSSR count). The summed E-state index contributed by atoms with van der Waals surface area (Å²) >= 11 is 0. The minimum atomic E-state index is -4.64. The third-order valence-corrected chi connectivity index (χ3v) is 5.66. The van der Waals surface area contributed by atoms with Gasteiger partial charge in [0, 0.05) is 55.4 Å². The molecule has 0 saturated carbocycles. The molecule has 0 spiro atoms. The Labute approximate surface area is 206 Å². The van der Waals surface area contributed by atoms with Gasteiger partial charge in [0.2, 0.25) is 0 Å². The summed E-state index contributed by atoms with van der Waals surface area (Å²) in [4.78, 5) is 18.1. The van der Waals surface area contributed by atoms with Gasteiger partial charge in [-0.2, -0.15) is 13.2 Å². The second-order valence-electron chi connectivity index (χ2n) is 8.01. The van der Waals surface area contributed by atoms with Crippen molar-refractivity contribution in [3.63, 3.8) is 0 Å². The fourth-order valence-electron chi connectivity index (χ4n) is 3.83. The number of ether oxygens (including phenoxy) is 2. The van der Waals surface area contributed by atoms with E-state index in [0.717, 1.165) is 25.0 Å². The summed E-state index contributed by atoms with van der Waals surface area (Å²) in [6, 6.07) is 13.0. The van der Waals surface area contributed by atoms with E-state index in [9.17, 15) is 18.0 Å². The third kappa shape index (κ3) is 5.80. The quantitative estimate of drug-likeness (QED) is 0.429. The molecule has 1 aromatic heterocycles. The maximum atomic E-state index is 13.7. The van der Waals surface area contributed by atoms with Gasteiger partial charge < -0.3 is 30.3 Å². The first-order valence-electron chi connectivity index (χ1n) is 11.2. The number of alkyl halides is 3. The number of carbonyl (C=O) groups excluding carboxylic acids is 1. The second-order valence-corrected chi connectivity index (χ2v) is 8.01. The Kier molecular flexibility index (Phi) is 7.49. The lowest BCUT2D eigenvalue weighted by Gasteiger charge is -2.29. The SMILES string of the molecule is CNC(=O)c1cccc(Nc2cc(Nc3ccc(N4CCOCC4)cc3OC)ncc2C(F)(F)F)c1. The van der Waals surface area contributed by atoms with Gasteiger partial charge in [-0.1, -0.05) is 6.07 Å². The summed E-state index contributed by atoms with van der Waals surface area (Å²) in [5.74, 6) is 0.359. The number of rotatable bonds is 7. The molecule has 11 heteroatoms. The zero-order chi connectivity index (χ0) is 25.7. The maximum Gasteiger partial charge on any atom is 0.419 e. The van der Waals surface area contributed by atoms with Gasteiger partial charge >= 0.3 is 6.18 Å². The second kappa shape index (κ2) is 10.7. The van der Waals surface area contributed by atoms with Gasteiger partial charge in [-0.05, 0) is 30.3 Å². The Balaban J connectivity index is 1.62. The normalized spacial score (nSPS) is 13.8. The molecule has 0 radical (unpaired) electrons. The molecule has 1 fully saturated rings. The fraction of sp³-hybridized carbons (Fsp3) is 0.280. The van der Waals surface area contributed by atoms with Gasteiger partial charge in [-0.3, -0.25) is 4.79 Å². The van der Waals surface area contributed by atoms with Gasteiger partial charge in [-0.25, -0.2) is 4.98 Å². The van der Waals surface area contributed by atoms with Crippen molar-refractivity contribution in [2.75, 3.05) is 56.0 Å². The molecule has 36 heavy (non-hydrogen) atoms. The monoisotopic (exact) mass is 501 g/mol. The van der Waals surface area contributed by atoms with Crippen molar-refractivity contribution in [1.29, 1.82) is 0 Å². The molecule has 3 N–H and O–H groups in total. The minimum Gasteiger partial charge on any atom is -0.494 e. The van der Waals surface area contributed by atoms with Crippen molar-refractivity contribution < 1.29 is 27.4 Å². The molecule has 1 aliphatic heterocycles. The number of pyridine rings is 1. The number of hydrogen-bond acceptors (Lipinski definition) is 7. The van der Waals surface area contributed by atoms with Gasteiger partial charge in [0.1, 0.15) is 11.6 Å². The summed E-state index contributed by atoms with van der Waals surface area (Å²) in [7, 11) is 3.00. The van der Waals surface area contributed by atoms with Crippen LogP contribution in [0.2, 0.25) is 0 Å². The largest absolute Gasteiger partial charge is 0.494 e. The summed E-state index contributed by atoms with van der Waals surface area (Å²) in [6.45, 7) is 2.79. The highest BCUT2D eigenvalue weighted by Crippen LogP contribution is 2.38. The number of benzene rings is 2. The number of anilines is 5. The lowest BCUT2D eigenvalue weighted by atomic mass is 10.1. The first-order valence-corrected chi connectivity index (χ1v) is 11.2. The molecule has 8 nitrogen and oxygen atoms in total. The summed E-state index contributed by atoms with van der Waals surface area (Å²) in [6.07, 6.45) is -3.87. The van der Waals surface area contributed by atoms with Crippen LogP contribution in [0.4, 0.5) is 41.7 Å². The molecule has 0 unspecified atom stereocenters. The molecule has 3 aromatic rings. The number of nitrogens with zero attached hydrogens (tertiary/aromatic N) is 2. The minimum absolute atomic E-state index is 0.186. The number of carbonyl (C=O) groups is 1. The van der Waals surface area contributed by atoms with Crippen molar-refractivity contribution in [3.05, 3.63) is 65.9 Å². The van der Waals surface area contributed by atoms with Crippen LogP contribution in [0.3, 0.4) is 0 Å². The molecule has 1 amide bonds. The third-order valence-electron chi connectivity index (χ3n) is 5.66. The summed E-state index contributed by atoms with van der Waals surface area (Å²) in [5.41, 5.74) is 1.000. The van der Waals surface area contributed by atoms with Crippen LogP contribution in [-0.2, 0) is 10.9 Å². The molecule has 0 atom stereocenters. The molecule has 2 heterocycles. The van der Waals surface area contributed by atoms with E-state index in [2.05, 4.69) is 25.8 Å². The van der Waals surface area contributed by atoms with Crippen LogP contribution in [0.5, 0.6) is 5.75 Å². The molecular formula is C25H26F3N5O3. The lowest BCUT2D eigenvalue weighted by Crippen LogP contribution is -2.36. The number of hydrogen-bond donors (Lipinski definition) is 3. The first-order chi connectivity index (χ1) is 17.3. The Morgan fingerprint density at radius 2 is 1.83 bits per heavy atom. The number of aromatic nitrogens is 1. The van der Waals surface area contributed by atoms with Crippen LogP contribution in [0.15, 0.2) is 54.7 Å². The first kappa shape index (κ1) is 25.1. The van der Waals surface area contributed by atoms with Crippen molar-refractivity contribution in [3.8, 4) is 5.75 Å². The van der Waals surface area contributed by atoms with Crippen LogP contribution in [0.25, 0.3) is 0 Å². The number of methoxy groups -OCH3 is 1. The van der Waals surface area contributed by atoms with E-state index in [1.807, 2.05) is 12.1 Å². The molecular weight excluding hydrogens is 475 g/mol. The smallest absolute Gasteiger partial charge is 0.419 e. The van der Waals surface area contributed by atoms with Gasteiger partial charge in [0.15, 0.2) is 0 Å². The van der Waals surface area contributed by atoms with Crippen LogP contribution in [0, 0.1) is 0 Å². The van der Waals surface area contributed by atoms with Crippen molar-refractivity contribution in [2.24, 2.45) is 0 Å². The molecule has 1 saturated heterocycles. The highest BCUT2D eigenvalue weighted by molar-refractivity contribution is 5.95. The predicted octanol–water partition coefficient (Wildman–Crippen LogP) is 4.79. The molecule has 1 aliphatic rings. The van der Waals surface area contributed by atoms with Crippen molar-refractivity contribution in [1.82, 2.24) is 10.3 Å². The highest BCUT2D eigenvalue weighted by Gasteiger charge is 2.34. The number of nitrogens with one attached hydrogen (secondary N) is 3. The van der Waals surface area contributed by atoms with Crippen molar-refractivity contribution in [2.45, 2.75) is 6.18 Å². The summed E-state index contributed by atoms with van der Waals surface area (Å²) < 4.78 is 52.1. The average Bonchev–Trinajstić information content (AvgIpc) is 2.88. The van der Waals surface area contributed by atoms with E-state index in [-0.39, 0.29) is 17.4 Å². The zero-order valence-electron chi connectivity index (χ0n) is 19.8. The standard InChI is InChI=1S/C25H26F3N5O3/c1-29-24(34)16-4-3-5-17(12-16)31-21-14-23(30-15-19(21)25(26,27)28)32-20-7-6-18(13-22(20)35-2)33-8-10-36-11-9-33/h3-7,12-15H,8-11H2,1-2H3,(H,29,34)(H2,30,31,32). The topological polar surface area (TPSA) is 87.8 Å². The predicted molar refractivity (Wildman–Crippen MR) is 132 cm³/mol. The molecule has 190 valence electrons. The van der Waals surface area contributed by atoms with Crippen LogP contribution < -0.4 is 25.6 Å². The van der Waals surface area contributed by atoms with E-state index in [0.29, 0.717) is 35.9 Å². The average molecular weight is 502 g/mol. The van der Waals surface area contributed by atoms with E-state index in [1.165, 1.54) is 26.3 Å². The van der Waals surface area contributed by atoms with E-state index in [1.54, 1.807) is 24.3 Å². The number of amides is 1. The van der Waals surface area contributed by atoms with E-state index < -0.39 is 11.7 Å². The molecule has 0 bridgehead atoms. The van der Waals surface area contributed by atoms with Crippen LogP contribution >= 0.6 is 0 Å². The Hall–Kier alpha value is -3.99. The fourth-order valence-corrected chi connectivity index (χ4v) is 3.83. The number of morpholine rings is 1. The Morgan fingerprint density at radius 3 is 2.53 bits per heavy atom. The molecule has 2 aromatic carbocycles. The van der Waals surface area contributed by atoms with Crippen LogP contribution in [0.1, 0.15) is 15.9 Å². The van der Waals surface area contributed by atoms with Gasteiger partial charge in [0.05, 0.1) is 37.3 Å². The van der Waals surface area contributed by atoms with E-state index in [4.69, 9.17) is 9.47 Å². The summed E-state index contributed by atoms with van der Waals surface area (Å²) in [5, 5.41) is 8.31. The maximum absolute atomic E-state index is 13.7.